The van der Waals surface area contributed by atoms with Crippen molar-refractivity contribution in [1.82, 2.24) is 0 Å². The Hall–Kier alpha value is -1.29. The minimum Gasteiger partial charge on any atom is -0.382 e. The van der Waals surface area contributed by atoms with Gasteiger partial charge in [-0.3, -0.25) is 0 Å². The number of anilines is 1. The monoisotopic (exact) mass is 385 g/mol. The number of hydrogen-bond acceptors (Lipinski definition) is 5. The molecule has 1 saturated carbocycles. The highest BCUT2D eigenvalue weighted by atomic mass is 32.2. The lowest BCUT2D eigenvalue weighted by Crippen LogP contribution is -2.34. The van der Waals surface area contributed by atoms with Gasteiger partial charge in [-0.25, -0.2) is 16.8 Å². The standard InChI is InChI=1S/C14H18F3NO4S2/c1-23(19,20)13-4-2-3-11(9-13)18-10-5-7-12(8-6-10)24(21,22)14(15,16)17/h5-8,11,13,18H,2-4,9H2,1H3. The van der Waals surface area contributed by atoms with Crippen molar-refractivity contribution in [2.45, 2.75) is 47.4 Å². The third-order valence-corrected chi connectivity index (χ3v) is 7.21. The first-order valence-corrected chi connectivity index (χ1v) is 10.7. The van der Waals surface area contributed by atoms with Gasteiger partial charge in [0.2, 0.25) is 0 Å². The van der Waals surface area contributed by atoms with Gasteiger partial charge in [0, 0.05) is 18.0 Å². The van der Waals surface area contributed by atoms with Gasteiger partial charge < -0.3 is 5.32 Å². The van der Waals surface area contributed by atoms with Crippen molar-refractivity contribution in [3.05, 3.63) is 24.3 Å². The summed E-state index contributed by atoms with van der Waals surface area (Å²) in [5.74, 6) is 0. The second-order valence-electron chi connectivity index (χ2n) is 5.93. The van der Waals surface area contributed by atoms with E-state index >= 15 is 0 Å². The second kappa shape index (κ2) is 6.55. The Balaban J connectivity index is 2.10. The number of nitrogens with one attached hydrogen (secondary N) is 1. The van der Waals surface area contributed by atoms with Crippen LogP contribution in [0.15, 0.2) is 29.2 Å². The molecule has 0 radical (unpaired) electrons. The highest BCUT2D eigenvalue weighted by Gasteiger charge is 2.46. The molecule has 0 spiro atoms. The summed E-state index contributed by atoms with van der Waals surface area (Å²) in [6, 6.07) is 4.17. The minimum atomic E-state index is -5.36. The van der Waals surface area contributed by atoms with Crippen LogP contribution in [0.2, 0.25) is 0 Å². The predicted octanol–water partition coefficient (Wildman–Crippen LogP) is 2.75. The van der Waals surface area contributed by atoms with Crippen LogP contribution >= 0.6 is 0 Å². The number of rotatable bonds is 4. The summed E-state index contributed by atoms with van der Waals surface area (Å²) in [7, 11) is -8.50. The van der Waals surface area contributed by atoms with Crippen molar-refractivity contribution in [3.63, 3.8) is 0 Å². The average Bonchev–Trinajstić information content (AvgIpc) is 2.46. The SMILES string of the molecule is CS(=O)(=O)C1CCCC(Nc2ccc(S(=O)(=O)C(F)(F)F)cc2)C1. The van der Waals surface area contributed by atoms with Gasteiger partial charge >= 0.3 is 5.51 Å². The molecule has 1 N–H and O–H groups in total. The number of sulfone groups is 2. The predicted molar refractivity (Wildman–Crippen MR) is 84.2 cm³/mol. The summed E-state index contributed by atoms with van der Waals surface area (Å²) in [6.07, 6.45) is 3.68. The van der Waals surface area contributed by atoms with Crippen molar-refractivity contribution in [2.75, 3.05) is 11.6 Å². The Bertz CT molecular complexity index is 786. The van der Waals surface area contributed by atoms with E-state index in [1.54, 1.807) is 0 Å². The van der Waals surface area contributed by atoms with Gasteiger partial charge in [0.05, 0.1) is 10.1 Å². The number of hydrogen-bond donors (Lipinski definition) is 1. The van der Waals surface area contributed by atoms with E-state index in [-0.39, 0.29) is 6.04 Å². The largest absolute Gasteiger partial charge is 0.501 e. The van der Waals surface area contributed by atoms with Crippen LogP contribution in [-0.2, 0) is 19.7 Å². The minimum absolute atomic E-state index is 0.122. The molecule has 0 amide bonds. The maximum atomic E-state index is 12.5. The summed E-state index contributed by atoms with van der Waals surface area (Å²) in [5, 5.41) is 2.62. The smallest absolute Gasteiger partial charge is 0.382 e. The lowest BCUT2D eigenvalue weighted by atomic mass is 9.95. The molecule has 0 bridgehead atoms. The van der Waals surface area contributed by atoms with Crippen molar-refractivity contribution in [3.8, 4) is 0 Å². The second-order valence-corrected chi connectivity index (χ2v) is 10.2. The fraction of sp³-hybridized carbons (Fsp3) is 0.571. The number of alkyl halides is 3. The van der Waals surface area contributed by atoms with Crippen LogP contribution in [0.3, 0.4) is 0 Å². The molecule has 1 fully saturated rings. The summed E-state index contributed by atoms with van der Waals surface area (Å²) >= 11 is 0. The van der Waals surface area contributed by atoms with Gasteiger partial charge in [0.25, 0.3) is 9.84 Å². The number of benzene rings is 1. The topological polar surface area (TPSA) is 80.3 Å². The zero-order valence-electron chi connectivity index (χ0n) is 12.9. The van der Waals surface area contributed by atoms with Crippen LogP contribution in [0.5, 0.6) is 0 Å². The Labute approximate surface area is 139 Å². The molecule has 2 rings (SSSR count). The molecule has 1 aliphatic carbocycles. The molecule has 10 heteroatoms. The zero-order valence-corrected chi connectivity index (χ0v) is 14.5. The molecule has 0 heterocycles. The van der Waals surface area contributed by atoms with Crippen LogP contribution in [0.25, 0.3) is 0 Å². The fourth-order valence-corrected chi connectivity index (χ4v) is 4.70. The third-order valence-electron chi connectivity index (χ3n) is 4.07. The van der Waals surface area contributed by atoms with E-state index in [1.807, 2.05) is 0 Å². The Morgan fingerprint density at radius 2 is 1.62 bits per heavy atom. The number of halogens is 3. The van der Waals surface area contributed by atoms with Crippen LogP contribution in [-0.4, -0.2) is 39.9 Å². The van der Waals surface area contributed by atoms with E-state index in [0.717, 1.165) is 25.0 Å². The first-order valence-electron chi connectivity index (χ1n) is 7.28. The molecule has 136 valence electrons. The quantitative estimate of drug-likeness (QED) is 0.862. The summed E-state index contributed by atoms with van der Waals surface area (Å²) in [5.41, 5.74) is -4.89. The Morgan fingerprint density at radius 1 is 1.04 bits per heavy atom. The fourth-order valence-electron chi connectivity index (χ4n) is 2.76. The molecule has 24 heavy (non-hydrogen) atoms. The van der Waals surface area contributed by atoms with Crippen molar-refractivity contribution in [2.24, 2.45) is 0 Å². The van der Waals surface area contributed by atoms with Crippen molar-refractivity contribution < 1.29 is 30.0 Å². The average molecular weight is 385 g/mol. The lowest BCUT2D eigenvalue weighted by molar-refractivity contribution is -0.0436. The molecule has 1 aromatic carbocycles. The molecule has 1 aliphatic rings. The third kappa shape index (κ3) is 4.21. The molecular formula is C14H18F3NO4S2. The molecule has 0 aromatic heterocycles. The first kappa shape index (κ1) is 19.0. The van der Waals surface area contributed by atoms with Gasteiger partial charge in [-0.15, -0.1) is 0 Å². The van der Waals surface area contributed by atoms with Crippen LogP contribution in [0.4, 0.5) is 18.9 Å². The lowest BCUT2D eigenvalue weighted by Gasteiger charge is -2.29. The van der Waals surface area contributed by atoms with E-state index in [0.29, 0.717) is 18.5 Å². The van der Waals surface area contributed by atoms with Crippen LogP contribution in [0, 0.1) is 0 Å². The first-order chi connectivity index (χ1) is 10.9. The van der Waals surface area contributed by atoms with E-state index < -0.39 is 35.3 Å². The Morgan fingerprint density at radius 3 is 2.12 bits per heavy atom. The van der Waals surface area contributed by atoms with E-state index in [4.69, 9.17) is 0 Å². The van der Waals surface area contributed by atoms with Gasteiger partial charge in [-0.1, -0.05) is 6.42 Å². The summed E-state index contributed by atoms with van der Waals surface area (Å²) in [4.78, 5) is -0.821. The molecule has 2 unspecified atom stereocenters. The van der Waals surface area contributed by atoms with E-state index in [9.17, 15) is 30.0 Å². The van der Waals surface area contributed by atoms with Gasteiger partial charge in [-0.05, 0) is 43.5 Å². The van der Waals surface area contributed by atoms with Gasteiger partial charge in [0.15, 0.2) is 0 Å². The van der Waals surface area contributed by atoms with Gasteiger partial charge in [0.1, 0.15) is 9.84 Å². The summed E-state index contributed by atoms with van der Waals surface area (Å²) < 4.78 is 83.3. The molecule has 1 aromatic rings. The highest BCUT2D eigenvalue weighted by molar-refractivity contribution is 7.92. The van der Waals surface area contributed by atoms with Gasteiger partial charge in [-0.2, -0.15) is 13.2 Å². The van der Waals surface area contributed by atoms with E-state index in [2.05, 4.69) is 5.32 Å². The molecule has 0 aliphatic heterocycles. The summed E-state index contributed by atoms with van der Waals surface area (Å²) in [6.45, 7) is 0. The van der Waals surface area contributed by atoms with Crippen LogP contribution < -0.4 is 5.32 Å². The zero-order chi connectivity index (χ0) is 18.2. The van der Waals surface area contributed by atoms with Crippen LogP contribution in [0.1, 0.15) is 25.7 Å². The van der Waals surface area contributed by atoms with E-state index in [1.165, 1.54) is 18.4 Å². The maximum absolute atomic E-state index is 12.5. The maximum Gasteiger partial charge on any atom is 0.501 e. The molecule has 2 atom stereocenters. The normalized spacial score (nSPS) is 23.0. The molecule has 0 saturated heterocycles. The Kier molecular flexibility index (Phi) is 5.19. The van der Waals surface area contributed by atoms with Crippen molar-refractivity contribution >= 4 is 25.4 Å². The molecular weight excluding hydrogens is 367 g/mol. The van der Waals surface area contributed by atoms with Crippen molar-refractivity contribution in [1.29, 1.82) is 0 Å². The highest BCUT2D eigenvalue weighted by Crippen LogP contribution is 2.31. The molecule has 5 nitrogen and oxygen atoms in total.